The van der Waals surface area contributed by atoms with E-state index in [0.29, 0.717) is 5.92 Å². The van der Waals surface area contributed by atoms with Crippen molar-refractivity contribution in [2.24, 2.45) is 5.92 Å². The number of ether oxygens (including phenoxy) is 1. The van der Waals surface area contributed by atoms with Crippen LogP contribution < -0.4 is 0 Å². The van der Waals surface area contributed by atoms with Crippen LogP contribution in [0.15, 0.2) is 30.6 Å². The molecule has 5 heteroatoms. The molecule has 3 heterocycles. The molecule has 4 rings (SSSR count). The number of nitrogens with zero attached hydrogens (tertiary/aromatic N) is 4. The largest absolute Gasteiger partial charge is 0.384 e. The number of fused-ring (bicyclic) bond motifs is 1. The molecule has 1 aliphatic heterocycles. The summed E-state index contributed by atoms with van der Waals surface area (Å²) < 4.78 is 7.62. The Hall–Kier alpha value is -1.72. The van der Waals surface area contributed by atoms with Crippen molar-refractivity contribution in [2.75, 3.05) is 20.3 Å². The molecule has 0 N–H and O–H groups in total. The van der Waals surface area contributed by atoms with Gasteiger partial charge < -0.3 is 4.74 Å². The van der Waals surface area contributed by atoms with Crippen molar-refractivity contribution in [3.05, 3.63) is 47.5 Å². The monoisotopic (exact) mass is 312 g/mol. The second-order valence-corrected chi connectivity index (χ2v) is 6.84. The predicted octanol–water partition coefficient (Wildman–Crippen LogP) is 2.43. The second-order valence-electron chi connectivity index (χ2n) is 6.84. The molecule has 122 valence electrons. The van der Waals surface area contributed by atoms with Crippen molar-refractivity contribution < 1.29 is 4.74 Å². The standard InChI is InChI=1S/C18H24N4O/c1-23-13-15-9-21(10-16-4-2-3-7-19-16)12-18-17(15)11-22(20-18)8-14-5-6-14/h2-4,7,11,14-15H,5-6,8-10,12-13H2,1H3. The van der Waals surface area contributed by atoms with Crippen LogP contribution in [0.25, 0.3) is 0 Å². The summed E-state index contributed by atoms with van der Waals surface area (Å²) in [6.07, 6.45) is 6.84. The van der Waals surface area contributed by atoms with Crippen molar-refractivity contribution in [1.82, 2.24) is 19.7 Å². The van der Waals surface area contributed by atoms with Crippen LogP contribution in [-0.2, 0) is 24.4 Å². The van der Waals surface area contributed by atoms with E-state index in [4.69, 9.17) is 9.84 Å². The van der Waals surface area contributed by atoms with Gasteiger partial charge in [0.2, 0.25) is 0 Å². The molecule has 1 aliphatic carbocycles. The summed E-state index contributed by atoms with van der Waals surface area (Å²) in [5.74, 6) is 1.25. The number of hydrogen-bond acceptors (Lipinski definition) is 4. The minimum atomic E-state index is 0.403. The van der Waals surface area contributed by atoms with Crippen molar-refractivity contribution >= 4 is 0 Å². The molecule has 2 aliphatic rings. The van der Waals surface area contributed by atoms with E-state index in [1.54, 1.807) is 7.11 Å². The van der Waals surface area contributed by atoms with Gasteiger partial charge in [0.15, 0.2) is 0 Å². The molecule has 2 aromatic rings. The Morgan fingerprint density at radius 3 is 2.96 bits per heavy atom. The molecule has 0 amide bonds. The van der Waals surface area contributed by atoms with Crippen LogP contribution >= 0.6 is 0 Å². The van der Waals surface area contributed by atoms with E-state index in [1.165, 1.54) is 24.1 Å². The van der Waals surface area contributed by atoms with E-state index in [-0.39, 0.29) is 0 Å². The topological polar surface area (TPSA) is 43.2 Å². The van der Waals surface area contributed by atoms with Gasteiger partial charge in [0.25, 0.3) is 0 Å². The quantitative estimate of drug-likeness (QED) is 0.822. The first-order valence-electron chi connectivity index (χ1n) is 8.49. The van der Waals surface area contributed by atoms with Gasteiger partial charge in [-0.1, -0.05) is 6.07 Å². The Bertz CT molecular complexity index is 650. The lowest BCUT2D eigenvalue weighted by Gasteiger charge is -2.31. The van der Waals surface area contributed by atoms with E-state index >= 15 is 0 Å². The molecule has 0 saturated heterocycles. The zero-order valence-corrected chi connectivity index (χ0v) is 13.7. The van der Waals surface area contributed by atoms with Gasteiger partial charge in [-0.05, 0) is 30.9 Å². The molecule has 2 aromatic heterocycles. The fraction of sp³-hybridized carbons (Fsp3) is 0.556. The third kappa shape index (κ3) is 3.46. The lowest BCUT2D eigenvalue weighted by molar-refractivity contribution is 0.135. The molecule has 0 bridgehead atoms. The summed E-state index contributed by atoms with van der Waals surface area (Å²) in [7, 11) is 1.78. The summed E-state index contributed by atoms with van der Waals surface area (Å²) in [5.41, 5.74) is 3.71. The number of methoxy groups -OCH3 is 1. The normalized spacial score (nSPS) is 21.3. The van der Waals surface area contributed by atoms with E-state index in [0.717, 1.165) is 44.4 Å². The molecule has 1 unspecified atom stereocenters. The molecular weight excluding hydrogens is 288 g/mol. The first-order chi connectivity index (χ1) is 11.3. The van der Waals surface area contributed by atoms with Crippen LogP contribution in [-0.4, -0.2) is 39.9 Å². The van der Waals surface area contributed by atoms with Gasteiger partial charge in [0, 0.05) is 57.2 Å². The van der Waals surface area contributed by atoms with Crippen LogP contribution in [0.2, 0.25) is 0 Å². The minimum Gasteiger partial charge on any atom is -0.384 e. The average molecular weight is 312 g/mol. The zero-order valence-electron chi connectivity index (χ0n) is 13.7. The van der Waals surface area contributed by atoms with Crippen LogP contribution in [0.3, 0.4) is 0 Å². The molecular formula is C18H24N4O. The first-order valence-corrected chi connectivity index (χ1v) is 8.49. The maximum atomic E-state index is 5.46. The Labute approximate surface area is 137 Å². The highest BCUT2D eigenvalue weighted by atomic mass is 16.5. The summed E-state index contributed by atoms with van der Waals surface area (Å²) in [4.78, 5) is 6.89. The van der Waals surface area contributed by atoms with Crippen LogP contribution in [0.1, 0.15) is 35.7 Å². The molecule has 5 nitrogen and oxygen atoms in total. The van der Waals surface area contributed by atoms with Crippen molar-refractivity contribution in [2.45, 2.75) is 38.4 Å². The molecule has 0 aromatic carbocycles. The predicted molar refractivity (Wildman–Crippen MR) is 87.9 cm³/mol. The number of hydrogen-bond donors (Lipinski definition) is 0. The van der Waals surface area contributed by atoms with Crippen LogP contribution in [0.5, 0.6) is 0 Å². The highest BCUT2D eigenvalue weighted by Crippen LogP contribution is 2.33. The fourth-order valence-electron chi connectivity index (χ4n) is 3.47. The highest BCUT2D eigenvalue weighted by Gasteiger charge is 2.30. The van der Waals surface area contributed by atoms with Crippen LogP contribution in [0, 0.1) is 5.92 Å². The molecule has 23 heavy (non-hydrogen) atoms. The third-order valence-electron chi connectivity index (χ3n) is 4.78. The smallest absolute Gasteiger partial charge is 0.0801 e. The second kappa shape index (κ2) is 6.42. The maximum Gasteiger partial charge on any atom is 0.0801 e. The Morgan fingerprint density at radius 2 is 2.22 bits per heavy atom. The number of rotatable bonds is 6. The molecule has 0 spiro atoms. The van der Waals surface area contributed by atoms with Gasteiger partial charge in [-0.15, -0.1) is 0 Å². The van der Waals surface area contributed by atoms with Crippen molar-refractivity contribution in [3.63, 3.8) is 0 Å². The minimum absolute atomic E-state index is 0.403. The summed E-state index contributed by atoms with van der Waals surface area (Å²) in [5, 5.41) is 4.85. The Morgan fingerprint density at radius 1 is 1.30 bits per heavy atom. The van der Waals surface area contributed by atoms with Gasteiger partial charge in [-0.25, -0.2) is 0 Å². The lowest BCUT2D eigenvalue weighted by Crippen LogP contribution is -2.34. The number of pyridine rings is 1. The zero-order chi connectivity index (χ0) is 15.6. The van der Waals surface area contributed by atoms with E-state index < -0.39 is 0 Å². The van der Waals surface area contributed by atoms with Crippen molar-refractivity contribution in [1.29, 1.82) is 0 Å². The van der Waals surface area contributed by atoms with Gasteiger partial charge in [-0.3, -0.25) is 14.6 Å². The van der Waals surface area contributed by atoms with Crippen molar-refractivity contribution in [3.8, 4) is 0 Å². The highest BCUT2D eigenvalue weighted by molar-refractivity contribution is 5.26. The average Bonchev–Trinajstić information content (AvgIpc) is 3.26. The van der Waals surface area contributed by atoms with E-state index in [9.17, 15) is 0 Å². The molecule has 1 fully saturated rings. The summed E-state index contributed by atoms with van der Waals surface area (Å²) in [6, 6.07) is 6.10. The van der Waals surface area contributed by atoms with Gasteiger partial charge in [-0.2, -0.15) is 5.10 Å². The molecule has 1 atom stereocenters. The summed E-state index contributed by atoms with van der Waals surface area (Å²) in [6.45, 7) is 4.61. The number of aromatic nitrogens is 3. The fourth-order valence-corrected chi connectivity index (χ4v) is 3.47. The maximum absolute atomic E-state index is 5.46. The van der Waals surface area contributed by atoms with Crippen LogP contribution in [0.4, 0.5) is 0 Å². The molecule has 0 radical (unpaired) electrons. The SMILES string of the molecule is COCC1CN(Cc2ccccn2)Cc2nn(CC3CC3)cc21. The molecule has 1 saturated carbocycles. The van der Waals surface area contributed by atoms with Gasteiger partial charge >= 0.3 is 0 Å². The van der Waals surface area contributed by atoms with Gasteiger partial charge in [0.05, 0.1) is 18.0 Å². The summed E-state index contributed by atoms with van der Waals surface area (Å²) >= 11 is 0. The first kappa shape index (κ1) is 14.8. The van der Waals surface area contributed by atoms with E-state index in [1.807, 2.05) is 12.3 Å². The Balaban J connectivity index is 1.52. The van der Waals surface area contributed by atoms with Gasteiger partial charge in [0.1, 0.15) is 0 Å². The lowest BCUT2D eigenvalue weighted by atomic mass is 9.95. The van der Waals surface area contributed by atoms with E-state index in [2.05, 4.69) is 32.9 Å². The third-order valence-corrected chi connectivity index (χ3v) is 4.78. The Kier molecular flexibility index (Phi) is 4.14.